The van der Waals surface area contributed by atoms with E-state index in [1.54, 1.807) is 7.11 Å². The van der Waals surface area contributed by atoms with Gasteiger partial charge in [-0.05, 0) is 79.6 Å². The van der Waals surface area contributed by atoms with Crippen molar-refractivity contribution in [1.82, 2.24) is 0 Å². The van der Waals surface area contributed by atoms with Gasteiger partial charge in [0.2, 0.25) is 0 Å². The van der Waals surface area contributed by atoms with E-state index in [9.17, 15) is 0 Å². The third-order valence-electron chi connectivity index (χ3n) is 9.49. The van der Waals surface area contributed by atoms with Crippen molar-refractivity contribution in [2.24, 2.45) is 11.8 Å². The number of allylic oxidation sites excluding steroid dienone is 1. The van der Waals surface area contributed by atoms with Crippen LogP contribution in [0.1, 0.15) is 80.7 Å². The molecule has 1 fully saturated rings. The molecule has 1 aliphatic rings. The van der Waals surface area contributed by atoms with Crippen LogP contribution in [0.25, 0.3) is 0 Å². The van der Waals surface area contributed by atoms with Crippen LogP contribution in [0.3, 0.4) is 0 Å². The molecule has 6 heteroatoms. The first-order valence-electron chi connectivity index (χ1n) is 14.5. The standard InChI is InChI=1S/C32H58O4Si2/c1-15-24(2)20-28-29(35-37(11,12)30(4,5)6)25(3)21-32(28,36-38(13,14)31(7,8)9)23-34-22-26-16-18-27(33-10)19-17-26/h16-20,25,28-29H,15,21-23H2,1-14H3/b24-20+/t25-,28-,29+,32-/m0/s1. The van der Waals surface area contributed by atoms with Crippen LogP contribution in [0.15, 0.2) is 35.9 Å². The van der Waals surface area contributed by atoms with Crippen molar-refractivity contribution in [3.63, 3.8) is 0 Å². The molecule has 4 nitrogen and oxygen atoms in total. The predicted octanol–water partition coefficient (Wildman–Crippen LogP) is 9.38. The highest BCUT2D eigenvalue weighted by molar-refractivity contribution is 6.74. The Morgan fingerprint density at radius 1 is 0.974 bits per heavy atom. The number of benzene rings is 1. The second-order valence-electron chi connectivity index (χ2n) is 14.7. The summed E-state index contributed by atoms with van der Waals surface area (Å²) in [5.74, 6) is 1.39. The summed E-state index contributed by atoms with van der Waals surface area (Å²) in [6.07, 6.45) is 4.57. The highest BCUT2D eigenvalue weighted by atomic mass is 28.4. The molecule has 4 atom stereocenters. The molecule has 0 aliphatic heterocycles. The minimum Gasteiger partial charge on any atom is -0.497 e. The number of ether oxygens (including phenoxy) is 2. The second kappa shape index (κ2) is 12.3. The first-order chi connectivity index (χ1) is 17.3. The summed E-state index contributed by atoms with van der Waals surface area (Å²) in [5.41, 5.74) is 2.12. The SMILES string of the molecule is CC/C(C)=C/[C@H]1[C@H](O[Si](C)(C)C(C)(C)C)[C@@H](C)C[C@@]1(COCc1ccc(OC)cc1)O[Si](C)(C)C(C)(C)C. The lowest BCUT2D eigenvalue weighted by Crippen LogP contribution is -2.55. The Morgan fingerprint density at radius 2 is 1.53 bits per heavy atom. The normalized spacial score (nSPS) is 25.6. The van der Waals surface area contributed by atoms with E-state index in [0.29, 0.717) is 19.1 Å². The highest BCUT2D eigenvalue weighted by Gasteiger charge is 2.58. The van der Waals surface area contributed by atoms with Crippen LogP contribution in [0, 0.1) is 11.8 Å². The summed E-state index contributed by atoms with van der Waals surface area (Å²) in [4.78, 5) is 0. The van der Waals surface area contributed by atoms with Crippen LogP contribution in [-0.2, 0) is 20.2 Å². The lowest BCUT2D eigenvalue weighted by molar-refractivity contribution is -0.0655. The molecule has 0 radical (unpaired) electrons. The van der Waals surface area contributed by atoms with Gasteiger partial charge in [-0.2, -0.15) is 0 Å². The van der Waals surface area contributed by atoms with Gasteiger partial charge < -0.3 is 18.3 Å². The molecular formula is C32H58O4Si2. The highest BCUT2D eigenvalue weighted by Crippen LogP contribution is 2.52. The van der Waals surface area contributed by atoms with E-state index < -0.39 is 22.2 Å². The molecule has 0 saturated heterocycles. The van der Waals surface area contributed by atoms with Crippen molar-refractivity contribution in [3.8, 4) is 5.75 Å². The summed E-state index contributed by atoms with van der Waals surface area (Å²) in [5, 5.41) is 0.253. The Bertz CT molecular complexity index is 924. The molecule has 0 bridgehead atoms. The minimum atomic E-state index is -2.11. The van der Waals surface area contributed by atoms with Crippen LogP contribution in [-0.4, -0.2) is 42.1 Å². The van der Waals surface area contributed by atoms with Crippen LogP contribution in [0.5, 0.6) is 5.75 Å². The van der Waals surface area contributed by atoms with Gasteiger partial charge in [-0.25, -0.2) is 0 Å². The van der Waals surface area contributed by atoms with Gasteiger partial charge in [0.25, 0.3) is 0 Å². The fourth-order valence-electron chi connectivity index (χ4n) is 4.85. The third-order valence-corrected chi connectivity index (χ3v) is 18.5. The Balaban J connectivity index is 2.52. The van der Waals surface area contributed by atoms with Crippen molar-refractivity contribution in [2.75, 3.05) is 13.7 Å². The van der Waals surface area contributed by atoms with E-state index in [0.717, 1.165) is 24.2 Å². The van der Waals surface area contributed by atoms with Gasteiger partial charge in [-0.1, -0.05) is 79.2 Å². The molecule has 2 rings (SSSR count). The summed E-state index contributed by atoms with van der Waals surface area (Å²) in [6, 6.07) is 8.16. The molecule has 0 aromatic heterocycles. The fourth-order valence-corrected chi connectivity index (χ4v) is 7.86. The average molecular weight is 563 g/mol. The first kappa shape index (κ1) is 33.3. The fraction of sp³-hybridized carbons (Fsp3) is 0.750. The van der Waals surface area contributed by atoms with Gasteiger partial charge in [0.1, 0.15) is 5.75 Å². The molecule has 0 heterocycles. The summed E-state index contributed by atoms with van der Waals surface area (Å²) >= 11 is 0. The van der Waals surface area contributed by atoms with E-state index in [1.165, 1.54) is 5.57 Å². The van der Waals surface area contributed by atoms with Gasteiger partial charge in [0, 0.05) is 5.92 Å². The Morgan fingerprint density at radius 3 is 2.00 bits per heavy atom. The zero-order valence-electron chi connectivity index (χ0n) is 27.1. The van der Waals surface area contributed by atoms with E-state index >= 15 is 0 Å². The van der Waals surface area contributed by atoms with Crippen molar-refractivity contribution in [2.45, 2.75) is 130 Å². The van der Waals surface area contributed by atoms with Gasteiger partial charge in [-0.15, -0.1) is 0 Å². The van der Waals surface area contributed by atoms with Crippen LogP contribution in [0.2, 0.25) is 36.3 Å². The van der Waals surface area contributed by atoms with Crippen LogP contribution < -0.4 is 4.74 Å². The van der Waals surface area contributed by atoms with Gasteiger partial charge in [0.15, 0.2) is 16.6 Å². The Labute approximate surface area is 237 Å². The average Bonchev–Trinajstić information content (AvgIpc) is 3.02. The molecule has 218 valence electrons. The summed E-state index contributed by atoms with van der Waals surface area (Å²) < 4.78 is 26.6. The van der Waals surface area contributed by atoms with Crippen molar-refractivity contribution in [3.05, 3.63) is 41.5 Å². The first-order valence-corrected chi connectivity index (χ1v) is 20.4. The smallest absolute Gasteiger partial charge is 0.192 e. The zero-order valence-corrected chi connectivity index (χ0v) is 29.1. The minimum absolute atomic E-state index is 0.103. The number of hydrogen-bond donors (Lipinski definition) is 0. The lowest BCUT2D eigenvalue weighted by Gasteiger charge is -2.47. The molecule has 1 aromatic carbocycles. The molecule has 1 saturated carbocycles. The van der Waals surface area contributed by atoms with Crippen LogP contribution in [0.4, 0.5) is 0 Å². The number of methoxy groups -OCH3 is 1. The molecule has 38 heavy (non-hydrogen) atoms. The largest absolute Gasteiger partial charge is 0.497 e. The molecule has 0 spiro atoms. The number of rotatable bonds is 11. The monoisotopic (exact) mass is 562 g/mol. The second-order valence-corrected chi connectivity index (χ2v) is 24.2. The maximum absolute atomic E-state index is 7.47. The Hall–Kier alpha value is -0.926. The Kier molecular flexibility index (Phi) is 10.8. The van der Waals surface area contributed by atoms with Crippen molar-refractivity contribution in [1.29, 1.82) is 0 Å². The molecular weight excluding hydrogens is 505 g/mol. The van der Waals surface area contributed by atoms with E-state index in [1.807, 2.05) is 12.1 Å². The van der Waals surface area contributed by atoms with E-state index in [4.69, 9.17) is 18.3 Å². The third kappa shape index (κ3) is 7.84. The predicted molar refractivity (Wildman–Crippen MR) is 167 cm³/mol. The van der Waals surface area contributed by atoms with Crippen molar-refractivity contribution >= 4 is 16.6 Å². The van der Waals surface area contributed by atoms with Crippen molar-refractivity contribution < 1.29 is 18.3 Å². The molecule has 0 unspecified atom stereocenters. The quantitative estimate of drug-likeness (QED) is 0.199. The van der Waals surface area contributed by atoms with Gasteiger partial charge >= 0.3 is 0 Å². The van der Waals surface area contributed by atoms with Crippen LogP contribution >= 0.6 is 0 Å². The van der Waals surface area contributed by atoms with E-state index in [-0.39, 0.29) is 22.1 Å². The summed E-state index contributed by atoms with van der Waals surface area (Å²) in [6.45, 7) is 31.4. The molecule has 1 aromatic rings. The van der Waals surface area contributed by atoms with Gasteiger partial charge in [0.05, 0.1) is 32.0 Å². The number of hydrogen-bond acceptors (Lipinski definition) is 4. The topological polar surface area (TPSA) is 36.9 Å². The van der Waals surface area contributed by atoms with E-state index in [2.05, 4.69) is 107 Å². The molecule has 0 amide bonds. The zero-order chi connectivity index (χ0) is 29.2. The molecule has 1 aliphatic carbocycles. The lowest BCUT2D eigenvalue weighted by atomic mass is 9.88. The van der Waals surface area contributed by atoms with Gasteiger partial charge in [-0.3, -0.25) is 0 Å². The maximum Gasteiger partial charge on any atom is 0.192 e. The summed E-state index contributed by atoms with van der Waals surface area (Å²) in [7, 11) is -2.41. The molecule has 0 N–H and O–H groups in total. The maximum atomic E-state index is 7.47.